The maximum atomic E-state index is 12.6. The lowest BCUT2D eigenvalue weighted by molar-refractivity contribution is 0.0700. The van der Waals surface area contributed by atoms with Gasteiger partial charge in [0.05, 0.1) is 11.2 Å². The van der Waals surface area contributed by atoms with Gasteiger partial charge in [-0.05, 0) is 24.3 Å². The molecule has 3 heterocycles. The molecule has 1 fully saturated rings. The molecule has 6 heteroatoms. The molecular formula is C18H17ClN4O. The van der Waals surface area contributed by atoms with Crippen molar-refractivity contribution < 1.29 is 4.79 Å². The molecule has 0 radical (unpaired) electrons. The van der Waals surface area contributed by atoms with E-state index in [0.717, 1.165) is 30.5 Å². The van der Waals surface area contributed by atoms with Crippen LogP contribution in [0.1, 0.15) is 34.9 Å². The number of rotatable bonds is 2. The molecule has 1 aromatic carbocycles. The maximum Gasteiger partial charge on any atom is 0.273 e. The summed E-state index contributed by atoms with van der Waals surface area (Å²) in [6.45, 7) is 1.39. The predicted molar refractivity (Wildman–Crippen MR) is 93.2 cm³/mol. The summed E-state index contributed by atoms with van der Waals surface area (Å²) in [5.41, 5.74) is 1.41. The van der Waals surface area contributed by atoms with Gasteiger partial charge in [0, 0.05) is 36.3 Å². The first-order valence-corrected chi connectivity index (χ1v) is 8.43. The molecule has 1 aliphatic heterocycles. The van der Waals surface area contributed by atoms with Crippen LogP contribution in [0.15, 0.2) is 42.7 Å². The van der Waals surface area contributed by atoms with Crippen LogP contribution in [0.3, 0.4) is 0 Å². The van der Waals surface area contributed by atoms with Crippen LogP contribution in [-0.4, -0.2) is 39.1 Å². The minimum atomic E-state index is -0.0945. The molecule has 3 aromatic rings. The zero-order valence-corrected chi connectivity index (χ0v) is 13.8. The van der Waals surface area contributed by atoms with E-state index in [4.69, 9.17) is 11.6 Å². The highest BCUT2D eigenvalue weighted by Gasteiger charge is 2.28. The molecule has 2 aromatic heterocycles. The first-order chi connectivity index (χ1) is 11.7. The van der Waals surface area contributed by atoms with Gasteiger partial charge in [-0.1, -0.05) is 35.9 Å². The fourth-order valence-corrected chi connectivity index (χ4v) is 3.48. The van der Waals surface area contributed by atoms with E-state index in [1.54, 1.807) is 0 Å². The molecule has 1 amide bonds. The summed E-state index contributed by atoms with van der Waals surface area (Å²) < 4.78 is 0. The molecule has 122 valence electrons. The van der Waals surface area contributed by atoms with Crippen molar-refractivity contribution in [2.45, 2.75) is 18.8 Å². The molecule has 4 rings (SSSR count). The number of aromatic amines is 1. The third-order valence-corrected chi connectivity index (χ3v) is 4.87. The summed E-state index contributed by atoms with van der Waals surface area (Å²) in [5.74, 6) is 0.150. The smallest absolute Gasteiger partial charge is 0.273 e. The van der Waals surface area contributed by atoms with Gasteiger partial charge in [0.15, 0.2) is 0 Å². The van der Waals surface area contributed by atoms with Crippen LogP contribution >= 0.6 is 11.6 Å². The van der Waals surface area contributed by atoms with Crippen molar-refractivity contribution in [3.05, 3.63) is 59.1 Å². The summed E-state index contributed by atoms with van der Waals surface area (Å²) >= 11 is 6.02. The number of benzene rings is 1. The molecule has 1 saturated heterocycles. The number of hydrogen-bond donors (Lipinski definition) is 1. The first kappa shape index (κ1) is 15.1. The number of fused-ring (bicyclic) bond motifs is 1. The zero-order valence-electron chi connectivity index (χ0n) is 13.1. The van der Waals surface area contributed by atoms with Gasteiger partial charge in [0.2, 0.25) is 0 Å². The summed E-state index contributed by atoms with van der Waals surface area (Å²) in [7, 11) is 0. The van der Waals surface area contributed by atoms with Crippen molar-refractivity contribution in [1.82, 2.24) is 20.1 Å². The molecule has 1 N–H and O–H groups in total. The molecule has 1 aliphatic rings. The van der Waals surface area contributed by atoms with E-state index >= 15 is 0 Å². The third kappa shape index (κ3) is 2.76. The molecule has 0 aliphatic carbocycles. The first-order valence-electron chi connectivity index (χ1n) is 8.05. The Kier molecular flexibility index (Phi) is 3.94. The second kappa shape index (κ2) is 6.24. The van der Waals surface area contributed by atoms with Crippen LogP contribution in [0.4, 0.5) is 0 Å². The van der Waals surface area contributed by atoms with Gasteiger partial charge in [0.25, 0.3) is 5.91 Å². The van der Waals surface area contributed by atoms with E-state index in [-0.39, 0.29) is 11.8 Å². The Labute approximate surface area is 144 Å². The van der Waals surface area contributed by atoms with Crippen molar-refractivity contribution in [2.75, 3.05) is 13.1 Å². The molecular weight excluding hydrogens is 324 g/mol. The van der Waals surface area contributed by atoms with Crippen LogP contribution in [0.5, 0.6) is 0 Å². The highest BCUT2D eigenvalue weighted by Crippen LogP contribution is 2.28. The number of hydrogen-bond acceptors (Lipinski definition) is 3. The minimum Gasteiger partial charge on any atom is -0.337 e. The molecule has 5 nitrogen and oxygen atoms in total. The monoisotopic (exact) mass is 340 g/mol. The van der Waals surface area contributed by atoms with E-state index < -0.39 is 0 Å². The minimum absolute atomic E-state index is 0.0945. The highest BCUT2D eigenvalue weighted by molar-refractivity contribution is 6.33. The number of amides is 1. The van der Waals surface area contributed by atoms with Gasteiger partial charge in [-0.15, -0.1) is 0 Å². The molecule has 0 saturated carbocycles. The van der Waals surface area contributed by atoms with Gasteiger partial charge in [-0.3, -0.25) is 14.9 Å². The number of carbonyl (C=O) groups is 1. The van der Waals surface area contributed by atoms with Gasteiger partial charge in [-0.25, -0.2) is 0 Å². The number of likely N-dealkylation sites (tertiary alicyclic amines) is 1. The average Bonchev–Trinajstić information content (AvgIpc) is 3.07. The topological polar surface area (TPSA) is 61.9 Å². The Morgan fingerprint density at radius 2 is 2.08 bits per heavy atom. The number of H-pyrrole nitrogens is 1. The summed E-state index contributed by atoms with van der Waals surface area (Å²) in [5, 5.41) is 9.21. The van der Waals surface area contributed by atoms with E-state index in [1.807, 2.05) is 23.2 Å². The van der Waals surface area contributed by atoms with Crippen molar-refractivity contribution in [1.29, 1.82) is 0 Å². The molecule has 0 unspecified atom stereocenters. The Bertz CT molecular complexity index is 891. The van der Waals surface area contributed by atoms with Gasteiger partial charge in [0.1, 0.15) is 5.69 Å². The number of nitrogens with zero attached hydrogens (tertiary/aromatic N) is 3. The third-order valence-electron chi connectivity index (χ3n) is 4.59. The summed E-state index contributed by atoms with van der Waals surface area (Å²) in [6.07, 6.45) is 5.36. The van der Waals surface area contributed by atoms with Gasteiger partial charge < -0.3 is 4.90 Å². The SMILES string of the molecule is O=C(c1[nH]ncc1Cl)N1CCC[C@H](c2cc3ccccc3cn2)C1. The van der Waals surface area contributed by atoms with Crippen LogP contribution in [0.25, 0.3) is 10.8 Å². The van der Waals surface area contributed by atoms with Crippen LogP contribution in [0, 0.1) is 0 Å². The highest BCUT2D eigenvalue weighted by atomic mass is 35.5. The van der Waals surface area contributed by atoms with E-state index in [1.165, 1.54) is 11.6 Å². The number of piperidine rings is 1. The zero-order chi connectivity index (χ0) is 16.5. The van der Waals surface area contributed by atoms with Crippen molar-refractivity contribution in [3.63, 3.8) is 0 Å². The summed E-state index contributed by atoms with van der Waals surface area (Å²) in [6, 6.07) is 10.3. The largest absolute Gasteiger partial charge is 0.337 e. The fraction of sp³-hybridized carbons (Fsp3) is 0.278. The van der Waals surface area contributed by atoms with Crippen LogP contribution in [0.2, 0.25) is 5.02 Å². The van der Waals surface area contributed by atoms with Crippen LogP contribution in [-0.2, 0) is 0 Å². The van der Waals surface area contributed by atoms with E-state index in [0.29, 0.717) is 17.3 Å². The lowest BCUT2D eigenvalue weighted by atomic mass is 9.93. The maximum absolute atomic E-state index is 12.6. The number of halogens is 1. The molecule has 24 heavy (non-hydrogen) atoms. The predicted octanol–water partition coefficient (Wildman–Crippen LogP) is 3.63. The quantitative estimate of drug-likeness (QED) is 0.774. The number of carbonyl (C=O) groups excluding carboxylic acids is 1. The second-order valence-electron chi connectivity index (χ2n) is 6.14. The van der Waals surface area contributed by atoms with Gasteiger partial charge >= 0.3 is 0 Å². The molecule has 1 atom stereocenters. The van der Waals surface area contributed by atoms with Crippen LogP contribution < -0.4 is 0 Å². The number of aromatic nitrogens is 3. The van der Waals surface area contributed by atoms with Crippen molar-refractivity contribution >= 4 is 28.3 Å². The standard InChI is InChI=1S/C18H17ClN4O/c19-15-10-21-22-17(15)18(24)23-7-3-6-14(11-23)16-8-12-4-1-2-5-13(12)9-20-16/h1-2,4-5,8-10,14H,3,6-7,11H2,(H,21,22)/t14-/m0/s1. The molecule has 0 bridgehead atoms. The van der Waals surface area contributed by atoms with E-state index in [9.17, 15) is 4.79 Å². The number of nitrogens with one attached hydrogen (secondary N) is 1. The fourth-order valence-electron chi connectivity index (χ4n) is 3.31. The Hall–Kier alpha value is -2.40. The van der Waals surface area contributed by atoms with Crippen molar-refractivity contribution in [3.8, 4) is 0 Å². The lowest BCUT2D eigenvalue weighted by Crippen LogP contribution is -2.39. The second-order valence-corrected chi connectivity index (χ2v) is 6.55. The van der Waals surface area contributed by atoms with Gasteiger partial charge in [-0.2, -0.15) is 5.10 Å². The lowest BCUT2D eigenvalue weighted by Gasteiger charge is -2.32. The molecule has 0 spiro atoms. The summed E-state index contributed by atoms with van der Waals surface area (Å²) in [4.78, 5) is 19.1. The Balaban J connectivity index is 1.57. The Morgan fingerprint density at radius 3 is 2.88 bits per heavy atom. The normalized spacial score (nSPS) is 18.0. The average molecular weight is 341 g/mol. The Morgan fingerprint density at radius 1 is 1.25 bits per heavy atom. The number of pyridine rings is 1. The van der Waals surface area contributed by atoms with Crippen molar-refractivity contribution in [2.24, 2.45) is 0 Å². The van der Waals surface area contributed by atoms with E-state index in [2.05, 4.69) is 33.4 Å².